The van der Waals surface area contributed by atoms with E-state index in [1.807, 2.05) is 24.3 Å². The second-order valence-corrected chi connectivity index (χ2v) is 6.30. The summed E-state index contributed by atoms with van der Waals surface area (Å²) < 4.78 is 11.7. The van der Waals surface area contributed by atoms with Crippen LogP contribution in [0.5, 0.6) is 11.5 Å². The third kappa shape index (κ3) is 3.63. The molecule has 2 aromatic rings. The van der Waals surface area contributed by atoms with Crippen molar-refractivity contribution in [1.29, 1.82) is 0 Å². The van der Waals surface area contributed by atoms with E-state index in [0.29, 0.717) is 0 Å². The summed E-state index contributed by atoms with van der Waals surface area (Å²) in [6.45, 7) is 5.77. The molecule has 0 fully saturated rings. The molecule has 0 heterocycles. The van der Waals surface area contributed by atoms with Gasteiger partial charge in [-0.3, -0.25) is 0 Å². The Morgan fingerprint density at radius 1 is 0.760 bits per heavy atom. The molecular formula is C21H26N2O2. The summed E-state index contributed by atoms with van der Waals surface area (Å²) >= 11 is 0. The summed E-state index contributed by atoms with van der Waals surface area (Å²) in [6, 6.07) is 12.3. The number of unbranched alkanes of at least 4 members (excludes halogenated alkanes) is 2. The van der Waals surface area contributed by atoms with Crippen LogP contribution in [0.4, 0.5) is 0 Å². The fourth-order valence-electron chi connectivity index (χ4n) is 3.04. The average molecular weight is 338 g/mol. The molecule has 1 aliphatic rings. The molecule has 0 bridgehead atoms. The van der Waals surface area contributed by atoms with Crippen molar-refractivity contribution in [1.82, 2.24) is 0 Å². The van der Waals surface area contributed by atoms with Gasteiger partial charge in [-0.1, -0.05) is 26.7 Å². The quantitative estimate of drug-likeness (QED) is 0.367. The van der Waals surface area contributed by atoms with Crippen molar-refractivity contribution in [2.75, 3.05) is 13.2 Å². The molecule has 2 N–H and O–H groups in total. The van der Waals surface area contributed by atoms with E-state index < -0.39 is 0 Å². The molecule has 0 aromatic heterocycles. The summed E-state index contributed by atoms with van der Waals surface area (Å²) in [7, 11) is 0. The van der Waals surface area contributed by atoms with E-state index in [9.17, 15) is 0 Å². The highest BCUT2D eigenvalue weighted by atomic mass is 16.5. The monoisotopic (exact) mass is 338 g/mol. The number of benzene rings is 2. The number of nitrogens with zero attached hydrogens (tertiary/aromatic N) is 1. The Kier molecular flexibility index (Phi) is 5.59. The first kappa shape index (κ1) is 17.3. The highest BCUT2D eigenvalue weighted by Crippen LogP contribution is 2.40. The Hall–Kier alpha value is -2.49. The van der Waals surface area contributed by atoms with Gasteiger partial charge in [0.15, 0.2) is 0 Å². The molecule has 0 atom stereocenters. The molecule has 132 valence electrons. The number of nitrogens with two attached hydrogens (primary N) is 1. The summed E-state index contributed by atoms with van der Waals surface area (Å²) in [6.07, 6.45) is 4.33. The van der Waals surface area contributed by atoms with Crippen molar-refractivity contribution in [3.8, 4) is 22.6 Å². The Bertz CT molecular complexity index is 707. The van der Waals surface area contributed by atoms with Crippen LogP contribution in [0.1, 0.15) is 50.7 Å². The lowest BCUT2D eigenvalue weighted by Crippen LogP contribution is -2.04. The van der Waals surface area contributed by atoms with Crippen molar-refractivity contribution < 1.29 is 9.47 Å². The van der Waals surface area contributed by atoms with Gasteiger partial charge in [-0.2, -0.15) is 5.10 Å². The van der Waals surface area contributed by atoms with Crippen LogP contribution in [-0.2, 0) is 0 Å². The minimum absolute atomic E-state index is 0.729. The van der Waals surface area contributed by atoms with E-state index in [-0.39, 0.29) is 0 Å². The van der Waals surface area contributed by atoms with E-state index >= 15 is 0 Å². The minimum Gasteiger partial charge on any atom is -0.494 e. The van der Waals surface area contributed by atoms with E-state index in [2.05, 4.69) is 31.1 Å². The Labute approximate surface area is 149 Å². The normalized spacial score (nSPS) is 11.8. The van der Waals surface area contributed by atoms with E-state index in [0.717, 1.165) is 78.4 Å². The van der Waals surface area contributed by atoms with E-state index in [1.54, 1.807) is 0 Å². The molecule has 1 aliphatic carbocycles. The molecule has 3 rings (SSSR count). The van der Waals surface area contributed by atoms with Gasteiger partial charge in [0.2, 0.25) is 0 Å². The Balaban J connectivity index is 1.87. The standard InChI is InChI=1S/C21H26N2O2/c1-3-5-11-24-15-7-9-17-18-10-8-16(25-12-6-4-2)14-20(18)21(23-22)19(17)13-15/h7-10,13-14H,3-6,11-12,22H2,1-2H3. The van der Waals surface area contributed by atoms with Crippen molar-refractivity contribution in [2.24, 2.45) is 10.9 Å². The second kappa shape index (κ2) is 8.06. The van der Waals surface area contributed by atoms with Crippen LogP contribution < -0.4 is 15.3 Å². The highest BCUT2D eigenvalue weighted by Gasteiger charge is 2.26. The Morgan fingerprint density at radius 2 is 1.24 bits per heavy atom. The molecule has 0 spiro atoms. The largest absolute Gasteiger partial charge is 0.494 e. The number of hydrogen-bond donors (Lipinski definition) is 1. The lowest BCUT2D eigenvalue weighted by Gasteiger charge is -2.08. The predicted molar refractivity (Wildman–Crippen MR) is 103 cm³/mol. The molecule has 4 heteroatoms. The second-order valence-electron chi connectivity index (χ2n) is 6.30. The van der Waals surface area contributed by atoms with Gasteiger partial charge in [0, 0.05) is 11.1 Å². The van der Waals surface area contributed by atoms with Crippen molar-refractivity contribution in [3.05, 3.63) is 47.5 Å². The predicted octanol–water partition coefficient (Wildman–Crippen LogP) is 4.74. The van der Waals surface area contributed by atoms with E-state index in [1.165, 1.54) is 0 Å². The number of hydrogen-bond acceptors (Lipinski definition) is 4. The van der Waals surface area contributed by atoms with Crippen LogP contribution in [0, 0.1) is 0 Å². The maximum Gasteiger partial charge on any atom is 0.120 e. The molecule has 0 radical (unpaired) electrons. The van der Waals surface area contributed by atoms with Gasteiger partial charge in [-0.15, -0.1) is 0 Å². The van der Waals surface area contributed by atoms with Gasteiger partial charge >= 0.3 is 0 Å². The zero-order valence-electron chi connectivity index (χ0n) is 15.0. The highest BCUT2D eigenvalue weighted by molar-refractivity contribution is 6.24. The lowest BCUT2D eigenvalue weighted by atomic mass is 10.1. The molecule has 0 amide bonds. The first-order chi connectivity index (χ1) is 12.3. The van der Waals surface area contributed by atoms with Gasteiger partial charge in [0.1, 0.15) is 11.5 Å². The van der Waals surface area contributed by atoms with Gasteiger partial charge in [0.25, 0.3) is 0 Å². The molecule has 0 saturated carbocycles. The summed E-state index contributed by atoms with van der Waals surface area (Å²) in [4.78, 5) is 0. The molecular weight excluding hydrogens is 312 g/mol. The molecule has 25 heavy (non-hydrogen) atoms. The SMILES string of the molecule is CCCCOc1ccc2c(c1)C(=NN)c1cc(OCCCC)ccc1-2. The molecule has 0 unspecified atom stereocenters. The maximum absolute atomic E-state index is 5.83. The number of rotatable bonds is 8. The fourth-order valence-corrected chi connectivity index (χ4v) is 3.04. The van der Waals surface area contributed by atoms with Gasteiger partial charge in [-0.05, 0) is 60.4 Å². The minimum atomic E-state index is 0.729. The van der Waals surface area contributed by atoms with Crippen molar-refractivity contribution in [2.45, 2.75) is 39.5 Å². The van der Waals surface area contributed by atoms with Crippen LogP contribution in [0.3, 0.4) is 0 Å². The molecule has 0 saturated heterocycles. The van der Waals surface area contributed by atoms with Crippen molar-refractivity contribution >= 4 is 5.71 Å². The van der Waals surface area contributed by atoms with Crippen LogP contribution in [0.2, 0.25) is 0 Å². The fraction of sp³-hybridized carbons (Fsp3) is 0.381. The van der Waals surface area contributed by atoms with Gasteiger partial charge in [-0.25, -0.2) is 0 Å². The first-order valence-electron chi connectivity index (χ1n) is 9.11. The van der Waals surface area contributed by atoms with Crippen LogP contribution in [0.25, 0.3) is 11.1 Å². The summed E-state index contributed by atoms with van der Waals surface area (Å²) in [5, 5.41) is 4.05. The van der Waals surface area contributed by atoms with Gasteiger partial charge in [0.05, 0.1) is 18.9 Å². The average Bonchev–Trinajstić information content (AvgIpc) is 2.94. The summed E-state index contributed by atoms with van der Waals surface area (Å²) in [5.41, 5.74) is 5.13. The third-order valence-corrected chi connectivity index (χ3v) is 4.44. The zero-order chi connectivity index (χ0) is 17.6. The molecule has 2 aromatic carbocycles. The third-order valence-electron chi connectivity index (χ3n) is 4.44. The first-order valence-corrected chi connectivity index (χ1v) is 9.11. The topological polar surface area (TPSA) is 56.8 Å². The van der Waals surface area contributed by atoms with Crippen LogP contribution >= 0.6 is 0 Å². The smallest absolute Gasteiger partial charge is 0.120 e. The van der Waals surface area contributed by atoms with Crippen molar-refractivity contribution in [3.63, 3.8) is 0 Å². The lowest BCUT2D eigenvalue weighted by molar-refractivity contribution is 0.309. The van der Waals surface area contributed by atoms with Gasteiger partial charge < -0.3 is 15.3 Å². The molecule has 4 nitrogen and oxygen atoms in total. The number of fused-ring (bicyclic) bond motifs is 3. The number of ether oxygens (including phenoxy) is 2. The van der Waals surface area contributed by atoms with Crippen LogP contribution in [0.15, 0.2) is 41.5 Å². The van der Waals surface area contributed by atoms with Crippen LogP contribution in [-0.4, -0.2) is 18.9 Å². The zero-order valence-corrected chi connectivity index (χ0v) is 15.0. The van der Waals surface area contributed by atoms with E-state index in [4.69, 9.17) is 15.3 Å². The number of hydrazone groups is 1. The molecule has 0 aliphatic heterocycles. The summed E-state index contributed by atoms with van der Waals surface area (Å²) in [5.74, 6) is 7.44. The Morgan fingerprint density at radius 3 is 1.64 bits per heavy atom. The maximum atomic E-state index is 5.83.